The molecule has 2 fully saturated rings. The highest BCUT2D eigenvalue weighted by molar-refractivity contribution is 5.94. The van der Waals surface area contributed by atoms with E-state index in [1.165, 1.54) is 11.3 Å². The summed E-state index contributed by atoms with van der Waals surface area (Å²) in [5, 5.41) is 27.2. The number of hydrogen-bond donors (Lipinski definition) is 5. The van der Waals surface area contributed by atoms with Gasteiger partial charge in [0, 0.05) is 13.0 Å². The normalized spacial score (nSPS) is 18.7. The lowest BCUT2D eigenvalue weighted by Gasteiger charge is -2.26. The summed E-state index contributed by atoms with van der Waals surface area (Å²) in [5.74, 6) is -3.38. The Morgan fingerprint density at radius 1 is 0.872 bits per heavy atom. The van der Waals surface area contributed by atoms with Gasteiger partial charge in [-0.05, 0) is 64.0 Å². The van der Waals surface area contributed by atoms with Crippen molar-refractivity contribution < 1.29 is 34.2 Å². The molecule has 0 spiro atoms. The van der Waals surface area contributed by atoms with Gasteiger partial charge in [0.15, 0.2) is 0 Å². The van der Waals surface area contributed by atoms with Gasteiger partial charge in [0.2, 0.25) is 17.7 Å². The number of carbonyl (C=O) groups is 5. The average molecular weight is 553 g/mol. The molecule has 0 aromatic carbocycles. The number of aliphatic carboxylic acids is 2. The lowest BCUT2D eigenvalue weighted by atomic mass is 9.86. The number of amides is 3. The molecule has 11 heteroatoms. The molecule has 1 saturated heterocycles. The number of piperidine rings is 1. The summed E-state index contributed by atoms with van der Waals surface area (Å²) in [6.45, 7) is 3.76. The monoisotopic (exact) mass is 552 g/mol. The molecule has 3 amide bonds. The van der Waals surface area contributed by atoms with Gasteiger partial charge < -0.3 is 31.1 Å². The number of rotatable bonds is 15. The van der Waals surface area contributed by atoms with Gasteiger partial charge in [-0.25, -0.2) is 4.79 Å². The van der Waals surface area contributed by atoms with E-state index in [0.29, 0.717) is 18.9 Å². The number of hydrogen-bond acceptors (Lipinski definition) is 6. The third-order valence-corrected chi connectivity index (χ3v) is 7.97. The summed E-state index contributed by atoms with van der Waals surface area (Å²) in [6, 6.07) is -2.60. The molecule has 2 aliphatic rings. The van der Waals surface area contributed by atoms with E-state index in [2.05, 4.69) is 16.0 Å². The van der Waals surface area contributed by atoms with Gasteiger partial charge in [-0.3, -0.25) is 19.2 Å². The van der Waals surface area contributed by atoms with E-state index in [0.717, 1.165) is 77.3 Å². The Morgan fingerprint density at radius 3 is 2.10 bits per heavy atom. The summed E-state index contributed by atoms with van der Waals surface area (Å²) in [5.41, 5.74) is 0. The van der Waals surface area contributed by atoms with E-state index in [9.17, 15) is 34.2 Å². The molecular weight excluding hydrogens is 504 g/mol. The molecule has 39 heavy (non-hydrogen) atoms. The first-order chi connectivity index (χ1) is 18.7. The molecule has 0 bridgehead atoms. The van der Waals surface area contributed by atoms with Gasteiger partial charge >= 0.3 is 11.9 Å². The minimum Gasteiger partial charge on any atom is -0.481 e. The first-order valence-corrected chi connectivity index (χ1v) is 14.7. The van der Waals surface area contributed by atoms with Crippen LogP contribution in [0.2, 0.25) is 0 Å². The first kappa shape index (κ1) is 32.5. The number of nitrogens with one attached hydrogen (secondary N) is 3. The van der Waals surface area contributed by atoms with Gasteiger partial charge in [-0.15, -0.1) is 0 Å². The lowest BCUT2D eigenvalue weighted by molar-refractivity contribution is -0.144. The van der Waals surface area contributed by atoms with Crippen molar-refractivity contribution in [2.75, 3.05) is 26.2 Å². The molecule has 11 nitrogen and oxygen atoms in total. The largest absolute Gasteiger partial charge is 0.481 e. The van der Waals surface area contributed by atoms with Crippen LogP contribution < -0.4 is 16.0 Å². The molecule has 222 valence electrons. The SMILES string of the molecule is CCN(CC(=O)N[C@@H](CC(=O)O)C(=O)N[C@@H](CC1CCCCCCC1)C(=O)O)C(=O)CCCC1CCNCC1. The van der Waals surface area contributed by atoms with E-state index in [1.54, 1.807) is 6.92 Å². The standard InChI is InChI=1S/C28H48N4O7/c1-2-32(25(34)12-8-11-20-13-15-29-16-14-20)19-24(33)30-22(18-26(35)36)27(37)31-23(28(38)39)17-21-9-6-4-3-5-7-10-21/h20-23,29H,2-19H2,1H3,(H,30,33)(H,31,37)(H,35,36)(H,38,39)/t22-,23-/m0/s1. The van der Waals surface area contributed by atoms with Gasteiger partial charge in [0.1, 0.15) is 12.1 Å². The maximum Gasteiger partial charge on any atom is 0.326 e. The molecule has 2 atom stereocenters. The van der Waals surface area contributed by atoms with Crippen molar-refractivity contribution in [3.05, 3.63) is 0 Å². The molecule has 1 saturated carbocycles. The van der Waals surface area contributed by atoms with Crippen LogP contribution in [0.3, 0.4) is 0 Å². The molecule has 0 unspecified atom stereocenters. The lowest BCUT2D eigenvalue weighted by Crippen LogP contribution is -2.54. The fourth-order valence-electron chi connectivity index (χ4n) is 5.65. The van der Waals surface area contributed by atoms with Crippen molar-refractivity contribution in [2.24, 2.45) is 11.8 Å². The molecule has 0 aromatic rings. The Bertz CT molecular complexity index is 808. The summed E-state index contributed by atoms with van der Waals surface area (Å²) in [4.78, 5) is 63.1. The number of nitrogens with zero attached hydrogens (tertiary/aromatic N) is 1. The van der Waals surface area contributed by atoms with Crippen molar-refractivity contribution in [1.82, 2.24) is 20.9 Å². The van der Waals surface area contributed by atoms with E-state index < -0.39 is 42.3 Å². The van der Waals surface area contributed by atoms with E-state index in [-0.39, 0.29) is 24.8 Å². The second-order valence-corrected chi connectivity index (χ2v) is 11.1. The molecule has 1 heterocycles. The number of likely N-dealkylation sites (N-methyl/N-ethyl adjacent to an activating group) is 1. The predicted octanol–water partition coefficient (Wildman–Crippen LogP) is 2.28. The molecular formula is C28H48N4O7. The number of carbonyl (C=O) groups excluding carboxylic acids is 3. The van der Waals surface area contributed by atoms with E-state index >= 15 is 0 Å². The minimum atomic E-state index is -1.44. The zero-order chi connectivity index (χ0) is 28.6. The van der Waals surface area contributed by atoms with Crippen molar-refractivity contribution in [1.29, 1.82) is 0 Å². The Balaban J connectivity index is 1.90. The third kappa shape index (κ3) is 12.8. The predicted molar refractivity (Wildman–Crippen MR) is 146 cm³/mol. The summed E-state index contributed by atoms with van der Waals surface area (Å²) in [6.07, 6.45) is 11.1. The zero-order valence-electron chi connectivity index (χ0n) is 23.4. The maximum absolute atomic E-state index is 12.9. The van der Waals surface area contributed by atoms with Gasteiger partial charge in [0.05, 0.1) is 13.0 Å². The molecule has 0 aromatic heterocycles. The van der Waals surface area contributed by atoms with Crippen molar-refractivity contribution in [3.63, 3.8) is 0 Å². The highest BCUT2D eigenvalue weighted by atomic mass is 16.4. The van der Waals surface area contributed by atoms with Crippen molar-refractivity contribution in [2.45, 2.75) is 109 Å². The summed E-state index contributed by atoms with van der Waals surface area (Å²) >= 11 is 0. The molecule has 1 aliphatic carbocycles. The maximum atomic E-state index is 12.9. The van der Waals surface area contributed by atoms with Crippen LogP contribution >= 0.6 is 0 Å². The van der Waals surface area contributed by atoms with Crippen molar-refractivity contribution in [3.8, 4) is 0 Å². The quantitative estimate of drug-likeness (QED) is 0.206. The Hall–Kier alpha value is -2.69. The zero-order valence-corrected chi connectivity index (χ0v) is 23.4. The van der Waals surface area contributed by atoms with Crippen LogP contribution in [0.5, 0.6) is 0 Å². The minimum absolute atomic E-state index is 0.161. The second kappa shape index (κ2) is 17.8. The van der Waals surface area contributed by atoms with Gasteiger partial charge in [-0.1, -0.05) is 44.9 Å². The highest BCUT2D eigenvalue weighted by Gasteiger charge is 2.30. The smallest absolute Gasteiger partial charge is 0.326 e. The van der Waals surface area contributed by atoms with Gasteiger partial charge in [0.25, 0.3) is 0 Å². The van der Waals surface area contributed by atoms with Gasteiger partial charge in [-0.2, -0.15) is 0 Å². The molecule has 1 aliphatic heterocycles. The average Bonchev–Trinajstić information content (AvgIpc) is 2.87. The van der Waals surface area contributed by atoms with Crippen LogP contribution in [0, 0.1) is 11.8 Å². The second-order valence-electron chi connectivity index (χ2n) is 11.1. The number of carboxylic acids is 2. The molecule has 2 rings (SSSR count). The fraction of sp³-hybridized carbons (Fsp3) is 0.821. The van der Waals surface area contributed by atoms with Crippen LogP contribution in [0.4, 0.5) is 0 Å². The fourth-order valence-corrected chi connectivity index (χ4v) is 5.65. The Labute approximate surface area is 231 Å². The van der Waals surface area contributed by atoms with E-state index in [1.807, 2.05) is 0 Å². The van der Waals surface area contributed by atoms with Crippen LogP contribution in [-0.2, 0) is 24.0 Å². The van der Waals surface area contributed by atoms with Crippen LogP contribution in [0.25, 0.3) is 0 Å². The van der Waals surface area contributed by atoms with Crippen LogP contribution in [0.15, 0.2) is 0 Å². The van der Waals surface area contributed by atoms with Crippen LogP contribution in [-0.4, -0.2) is 83.0 Å². The topological polar surface area (TPSA) is 165 Å². The highest BCUT2D eigenvalue weighted by Crippen LogP contribution is 2.26. The Kier molecular flexibility index (Phi) is 14.9. The van der Waals surface area contributed by atoms with Crippen molar-refractivity contribution >= 4 is 29.7 Å². The summed E-state index contributed by atoms with van der Waals surface area (Å²) < 4.78 is 0. The summed E-state index contributed by atoms with van der Waals surface area (Å²) in [7, 11) is 0. The first-order valence-electron chi connectivity index (χ1n) is 14.7. The number of carboxylic acid groups (broad SMARTS) is 2. The molecule has 5 N–H and O–H groups in total. The Morgan fingerprint density at radius 2 is 1.51 bits per heavy atom. The molecule has 0 radical (unpaired) electrons. The third-order valence-electron chi connectivity index (χ3n) is 7.97. The van der Waals surface area contributed by atoms with Crippen LogP contribution in [0.1, 0.15) is 96.8 Å². The van der Waals surface area contributed by atoms with E-state index in [4.69, 9.17) is 0 Å².